The van der Waals surface area contributed by atoms with E-state index in [-0.39, 0.29) is 19.0 Å². The summed E-state index contributed by atoms with van der Waals surface area (Å²) >= 11 is 0. The van der Waals surface area contributed by atoms with Crippen LogP contribution in [0.3, 0.4) is 0 Å². The second kappa shape index (κ2) is 6.58. The number of nitrogens with one attached hydrogen (secondary N) is 1. The van der Waals surface area contributed by atoms with Crippen LogP contribution in [0.25, 0.3) is 0 Å². The van der Waals surface area contributed by atoms with Gasteiger partial charge in [0.1, 0.15) is 12.9 Å². The Bertz CT molecular complexity index is 105. The summed E-state index contributed by atoms with van der Waals surface area (Å²) in [7, 11) is 0. The summed E-state index contributed by atoms with van der Waals surface area (Å²) in [6, 6.07) is 0. The van der Waals surface area contributed by atoms with Gasteiger partial charge in [0.05, 0.1) is 6.10 Å². The van der Waals surface area contributed by atoms with Crippen LogP contribution in [0, 0.1) is 0 Å². The fourth-order valence-corrected chi connectivity index (χ4v) is 1.14. The van der Waals surface area contributed by atoms with Gasteiger partial charge in [-0.1, -0.05) is 0 Å². The van der Waals surface area contributed by atoms with Crippen molar-refractivity contribution in [2.24, 2.45) is 0 Å². The number of carbonyl (C=O) groups excluding carboxylic acids is 1. The van der Waals surface area contributed by atoms with E-state index in [1.807, 2.05) is 0 Å². The molecule has 0 saturated carbocycles. The summed E-state index contributed by atoms with van der Waals surface area (Å²) in [4.78, 5) is 9.91. The number of hydrogen-bond donors (Lipinski definition) is 1. The van der Waals surface area contributed by atoms with Crippen LogP contribution >= 0.6 is 12.4 Å². The van der Waals surface area contributed by atoms with Crippen LogP contribution in [0.4, 0.5) is 0 Å². The normalized spacial score (nSPS) is 18.9. The molecule has 1 aliphatic heterocycles. The lowest BCUT2D eigenvalue weighted by molar-refractivity contribution is -0.114. The number of rotatable bonds is 3. The van der Waals surface area contributed by atoms with Crippen LogP contribution in [0.1, 0.15) is 12.8 Å². The van der Waals surface area contributed by atoms with Crippen LogP contribution in [0.5, 0.6) is 0 Å². The quantitative estimate of drug-likeness (QED) is 0.637. The third kappa shape index (κ3) is 4.35. The fraction of sp³-hybridized carbons (Fsp3) is 0.857. The molecule has 1 rings (SSSR count). The second-order valence-electron chi connectivity index (χ2n) is 2.45. The Morgan fingerprint density at radius 1 is 1.45 bits per heavy atom. The highest BCUT2D eigenvalue weighted by Gasteiger charge is 2.11. The molecule has 1 saturated heterocycles. The van der Waals surface area contributed by atoms with Gasteiger partial charge < -0.3 is 14.8 Å². The lowest BCUT2D eigenvalue weighted by Gasteiger charge is -2.21. The molecule has 1 fully saturated rings. The van der Waals surface area contributed by atoms with Crippen LogP contribution in [0.15, 0.2) is 0 Å². The van der Waals surface area contributed by atoms with Crippen molar-refractivity contribution in [2.75, 3.05) is 19.7 Å². The standard InChI is InChI=1S/C7H13NO2.ClH/c9-5-6-10-7-1-3-8-4-2-7;/h5,7-8H,1-4,6H2;1H. The van der Waals surface area contributed by atoms with Crippen molar-refractivity contribution in [1.82, 2.24) is 5.32 Å². The van der Waals surface area contributed by atoms with Crippen molar-refractivity contribution in [1.29, 1.82) is 0 Å². The zero-order valence-electron chi connectivity index (χ0n) is 6.41. The zero-order valence-corrected chi connectivity index (χ0v) is 7.23. The van der Waals surface area contributed by atoms with E-state index in [2.05, 4.69) is 5.32 Å². The lowest BCUT2D eigenvalue weighted by Crippen LogP contribution is -2.32. The first-order valence-electron chi connectivity index (χ1n) is 3.69. The van der Waals surface area contributed by atoms with Crippen molar-refractivity contribution < 1.29 is 9.53 Å². The number of hydrogen-bond acceptors (Lipinski definition) is 3. The average Bonchev–Trinajstić information content (AvgIpc) is 2.03. The Hall–Kier alpha value is -0.120. The Balaban J connectivity index is 0.000001000. The Morgan fingerprint density at radius 2 is 2.09 bits per heavy atom. The largest absolute Gasteiger partial charge is 0.371 e. The summed E-state index contributed by atoms with van der Waals surface area (Å²) in [6.07, 6.45) is 3.19. The molecule has 0 bridgehead atoms. The van der Waals surface area contributed by atoms with E-state index < -0.39 is 0 Å². The molecule has 0 aromatic carbocycles. The van der Waals surface area contributed by atoms with Crippen molar-refractivity contribution >= 4 is 18.7 Å². The predicted octanol–water partition coefficient (Wildman–Crippen LogP) is 0.376. The van der Waals surface area contributed by atoms with E-state index in [0.717, 1.165) is 32.2 Å². The van der Waals surface area contributed by atoms with E-state index >= 15 is 0 Å². The number of piperidine rings is 1. The van der Waals surface area contributed by atoms with Crippen molar-refractivity contribution in [3.63, 3.8) is 0 Å². The molecule has 0 amide bonds. The predicted molar refractivity (Wildman–Crippen MR) is 45.2 cm³/mol. The average molecular weight is 180 g/mol. The van der Waals surface area contributed by atoms with Crippen LogP contribution in [-0.2, 0) is 9.53 Å². The molecule has 0 atom stereocenters. The maximum absolute atomic E-state index is 9.91. The van der Waals surface area contributed by atoms with Gasteiger partial charge in [-0.25, -0.2) is 0 Å². The highest BCUT2D eigenvalue weighted by molar-refractivity contribution is 5.85. The minimum atomic E-state index is 0. The molecular formula is C7H14ClNO2. The molecular weight excluding hydrogens is 166 g/mol. The minimum absolute atomic E-state index is 0. The van der Waals surface area contributed by atoms with Gasteiger partial charge in [0.15, 0.2) is 0 Å². The molecule has 0 aromatic rings. The first-order chi connectivity index (χ1) is 4.93. The maximum atomic E-state index is 9.91. The Morgan fingerprint density at radius 3 is 2.64 bits per heavy atom. The number of carbonyl (C=O) groups is 1. The molecule has 66 valence electrons. The fourth-order valence-electron chi connectivity index (χ4n) is 1.14. The molecule has 1 aliphatic rings. The summed E-state index contributed by atoms with van der Waals surface area (Å²) in [5.74, 6) is 0. The summed E-state index contributed by atoms with van der Waals surface area (Å²) in [5.41, 5.74) is 0. The molecule has 0 aromatic heterocycles. The molecule has 11 heavy (non-hydrogen) atoms. The lowest BCUT2D eigenvalue weighted by atomic mass is 10.1. The summed E-state index contributed by atoms with van der Waals surface area (Å²) < 4.78 is 5.22. The van der Waals surface area contributed by atoms with Crippen molar-refractivity contribution in [2.45, 2.75) is 18.9 Å². The molecule has 1 heterocycles. The monoisotopic (exact) mass is 179 g/mol. The van der Waals surface area contributed by atoms with Gasteiger partial charge in [-0.2, -0.15) is 0 Å². The molecule has 0 aliphatic carbocycles. The van der Waals surface area contributed by atoms with Gasteiger partial charge in [-0.3, -0.25) is 0 Å². The molecule has 0 radical (unpaired) electrons. The van der Waals surface area contributed by atoms with Gasteiger partial charge in [0.25, 0.3) is 0 Å². The summed E-state index contributed by atoms with van der Waals surface area (Å²) in [6.45, 7) is 2.29. The van der Waals surface area contributed by atoms with Crippen molar-refractivity contribution in [3.8, 4) is 0 Å². The third-order valence-electron chi connectivity index (χ3n) is 1.69. The number of aldehydes is 1. The molecule has 0 unspecified atom stereocenters. The van der Waals surface area contributed by atoms with E-state index in [1.165, 1.54) is 0 Å². The second-order valence-corrected chi connectivity index (χ2v) is 2.45. The third-order valence-corrected chi connectivity index (χ3v) is 1.69. The molecule has 4 heteroatoms. The van der Waals surface area contributed by atoms with E-state index in [9.17, 15) is 4.79 Å². The first-order valence-corrected chi connectivity index (χ1v) is 3.69. The first kappa shape index (κ1) is 10.9. The molecule has 1 N–H and O–H groups in total. The van der Waals surface area contributed by atoms with E-state index in [4.69, 9.17) is 4.74 Å². The highest BCUT2D eigenvalue weighted by atomic mass is 35.5. The van der Waals surface area contributed by atoms with E-state index in [0.29, 0.717) is 6.10 Å². The van der Waals surface area contributed by atoms with Gasteiger partial charge >= 0.3 is 0 Å². The van der Waals surface area contributed by atoms with Crippen LogP contribution in [-0.4, -0.2) is 32.1 Å². The molecule has 0 spiro atoms. The Labute approximate surface area is 72.9 Å². The molecule has 3 nitrogen and oxygen atoms in total. The van der Waals surface area contributed by atoms with Crippen LogP contribution < -0.4 is 5.32 Å². The van der Waals surface area contributed by atoms with Crippen molar-refractivity contribution in [3.05, 3.63) is 0 Å². The topological polar surface area (TPSA) is 38.3 Å². The van der Waals surface area contributed by atoms with Gasteiger partial charge in [0, 0.05) is 0 Å². The smallest absolute Gasteiger partial charge is 0.145 e. The van der Waals surface area contributed by atoms with E-state index in [1.54, 1.807) is 0 Å². The highest BCUT2D eigenvalue weighted by Crippen LogP contribution is 2.05. The summed E-state index contributed by atoms with van der Waals surface area (Å²) in [5, 5.41) is 3.22. The minimum Gasteiger partial charge on any atom is -0.371 e. The SMILES string of the molecule is Cl.O=CCOC1CCNCC1. The van der Waals surface area contributed by atoms with Gasteiger partial charge in [0.2, 0.25) is 0 Å². The number of halogens is 1. The van der Waals surface area contributed by atoms with Crippen LogP contribution in [0.2, 0.25) is 0 Å². The number of ether oxygens (including phenoxy) is 1. The van der Waals surface area contributed by atoms with Gasteiger partial charge in [-0.15, -0.1) is 12.4 Å². The maximum Gasteiger partial charge on any atom is 0.145 e. The Kier molecular flexibility index (Phi) is 6.51. The van der Waals surface area contributed by atoms with Gasteiger partial charge in [-0.05, 0) is 25.9 Å². The zero-order chi connectivity index (χ0) is 7.23.